The molecule has 1 aliphatic carbocycles. The molecule has 2 N–H and O–H groups in total. The van der Waals surface area contributed by atoms with Crippen LogP contribution < -0.4 is 24.7 Å². The zero-order chi connectivity index (χ0) is 19.1. The molecule has 8 nitrogen and oxygen atoms in total. The molecule has 0 saturated heterocycles. The molecular formula is C19H18N2O6. The third-order valence-electron chi connectivity index (χ3n) is 4.93. The van der Waals surface area contributed by atoms with Gasteiger partial charge in [-0.15, -0.1) is 0 Å². The van der Waals surface area contributed by atoms with E-state index < -0.39 is 5.92 Å². The summed E-state index contributed by atoms with van der Waals surface area (Å²) in [5.41, 5.74) is 7.14. The lowest BCUT2D eigenvalue weighted by Crippen LogP contribution is -2.27. The average Bonchev–Trinajstić information content (AvgIpc) is 3.15. The largest absolute Gasteiger partial charge is 0.493 e. The Morgan fingerprint density at radius 3 is 2.70 bits per heavy atom. The minimum atomic E-state index is -0.718. The van der Waals surface area contributed by atoms with Gasteiger partial charge in [0.25, 0.3) is 0 Å². The maximum absolute atomic E-state index is 12.7. The van der Waals surface area contributed by atoms with Gasteiger partial charge in [0.15, 0.2) is 17.3 Å². The molecule has 0 saturated carbocycles. The lowest BCUT2D eigenvalue weighted by Gasteiger charge is -2.31. The van der Waals surface area contributed by atoms with Gasteiger partial charge in [-0.3, -0.25) is 4.79 Å². The van der Waals surface area contributed by atoms with Crippen molar-refractivity contribution in [3.63, 3.8) is 0 Å². The van der Waals surface area contributed by atoms with Crippen molar-refractivity contribution in [2.75, 3.05) is 21.0 Å². The highest BCUT2D eigenvalue weighted by Crippen LogP contribution is 2.55. The van der Waals surface area contributed by atoms with Crippen LogP contribution in [0.3, 0.4) is 0 Å². The monoisotopic (exact) mass is 370 g/mol. The normalized spacial score (nSPS) is 20.8. The van der Waals surface area contributed by atoms with Crippen molar-refractivity contribution in [1.29, 1.82) is 5.26 Å². The fourth-order valence-corrected chi connectivity index (χ4v) is 3.78. The van der Waals surface area contributed by atoms with Crippen LogP contribution in [-0.4, -0.2) is 26.8 Å². The van der Waals surface area contributed by atoms with Gasteiger partial charge in [0.2, 0.25) is 24.2 Å². The van der Waals surface area contributed by atoms with E-state index in [1.54, 1.807) is 6.07 Å². The van der Waals surface area contributed by atoms with Gasteiger partial charge < -0.3 is 29.4 Å². The number of benzene rings is 1. The van der Waals surface area contributed by atoms with Gasteiger partial charge in [-0.05, 0) is 12.5 Å². The summed E-state index contributed by atoms with van der Waals surface area (Å²) < 4.78 is 27.6. The molecule has 8 heteroatoms. The van der Waals surface area contributed by atoms with Crippen LogP contribution in [0.15, 0.2) is 28.9 Å². The zero-order valence-corrected chi connectivity index (χ0v) is 15.0. The van der Waals surface area contributed by atoms with E-state index >= 15 is 0 Å². The van der Waals surface area contributed by atoms with Crippen molar-refractivity contribution in [3.8, 4) is 29.1 Å². The van der Waals surface area contributed by atoms with E-state index in [2.05, 4.69) is 6.07 Å². The highest BCUT2D eigenvalue weighted by molar-refractivity contribution is 5.99. The first kappa shape index (κ1) is 17.1. The number of carbonyl (C=O) groups is 1. The minimum absolute atomic E-state index is 0.00497. The van der Waals surface area contributed by atoms with Crippen LogP contribution in [-0.2, 0) is 9.53 Å². The topological polar surface area (TPSA) is 113 Å². The standard InChI is InChI=1S/C19H18N2O6/c1-23-13-6-9(16(24-2)18-17(13)25-8-26-18)14-10(7-20)19(21)27-12-5-3-4-11(22)15(12)14/h6,14H,3-5,8,21H2,1-2H3. The molecular weight excluding hydrogens is 352 g/mol. The number of ketones is 1. The second kappa shape index (κ2) is 6.43. The van der Waals surface area contributed by atoms with Gasteiger partial charge in [-0.1, -0.05) is 0 Å². The van der Waals surface area contributed by atoms with Crippen LogP contribution in [0.5, 0.6) is 23.0 Å². The van der Waals surface area contributed by atoms with E-state index in [1.807, 2.05) is 0 Å². The van der Waals surface area contributed by atoms with E-state index in [4.69, 9.17) is 29.4 Å². The van der Waals surface area contributed by atoms with Crippen LogP contribution in [0.4, 0.5) is 0 Å². The number of ether oxygens (including phenoxy) is 5. The van der Waals surface area contributed by atoms with Gasteiger partial charge in [0.05, 0.1) is 20.1 Å². The second-order valence-corrected chi connectivity index (χ2v) is 6.30. The second-order valence-electron chi connectivity index (χ2n) is 6.30. The third kappa shape index (κ3) is 2.46. The molecule has 2 aliphatic heterocycles. The number of hydrogen-bond acceptors (Lipinski definition) is 8. The summed E-state index contributed by atoms with van der Waals surface area (Å²) in [7, 11) is 2.99. The number of hydrogen-bond donors (Lipinski definition) is 1. The molecule has 1 aromatic carbocycles. The lowest BCUT2D eigenvalue weighted by molar-refractivity contribution is -0.116. The summed E-state index contributed by atoms with van der Waals surface area (Å²) in [4.78, 5) is 12.7. The van der Waals surface area contributed by atoms with E-state index in [0.29, 0.717) is 59.2 Å². The number of nitrogens with zero attached hydrogens (tertiary/aromatic N) is 1. The first-order chi connectivity index (χ1) is 13.1. The van der Waals surface area contributed by atoms with Crippen molar-refractivity contribution in [1.82, 2.24) is 0 Å². The van der Waals surface area contributed by atoms with Crippen molar-refractivity contribution in [2.24, 2.45) is 5.73 Å². The summed E-state index contributed by atoms with van der Waals surface area (Å²) >= 11 is 0. The van der Waals surface area contributed by atoms with E-state index in [0.717, 1.165) is 0 Å². The molecule has 0 amide bonds. The number of methoxy groups -OCH3 is 2. The summed E-state index contributed by atoms with van der Waals surface area (Å²) in [5.74, 6) is 1.31. The van der Waals surface area contributed by atoms with Gasteiger partial charge in [-0.25, -0.2) is 0 Å². The van der Waals surface area contributed by atoms with Gasteiger partial charge >= 0.3 is 0 Å². The van der Waals surface area contributed by atoms with E-state index in [-0.39, 0.29) is 24.0 Å². The zero-order valence-electron chi connectivity index (χ0n) is 15.0. The van der Waals surface area contributed by atoms with Crippen molar-refractivity contribution >= 4 is 5.78 Å². The maximum atomic E-state index is 12.7. The predicted octanol–water partition coefficient (Wildman–Crippen LogP) is 2.25. The third-order valence-corrected chi connectivity index (χ3v) is 4.93. The SMILES string of the molecule is COc1cc(C2C(C#N)=C(N)OC3=C2C(=O)CCC3)c(OC)c2c1OCO2. The smallest absolute Gasteiger partial charge is 0.231 e. The van der Waals surface area contributed by atoms with Crippen LogP contribution in [0.25, 0.3) is 0 Å². The first-order valence-electron chi connectivity index (χ1n) is 8.49. The van der Waals surface area contributed by atoms with Crippen LogP contribution in [0.2, 0.25) is 0 Å². The lowest BCUT2D eigenvalue weighted by atomic mass is 9.77. The Hall–Kier alpha value is -3.34. The van der Waals surface area contributed by atoms with E-state index in [9.17, 15) is 10.1 Å². The number of nitrogens with two attached hydrogens (primary N) is 1. The Bertz CT molecular complexity index is 940. The number of carbonyl (C=O) groups excluding carboxylic acids is 1. The Labute approximate surface area is 155 Å². The molecule has 27 heavy (non-hydrogen) atoms. The number of Topliss-reactive ketones (excluding diaryl/α,β-unsaturated/α-hetero) is 1. The molecule has 3 aliphatic rings. The van der Waals surface area contributed by atoms with Crippen LogP contribution in [0, 0.1) is 11.3 Å². The molecule has 0 radical (unpaired) electrons. The molecule has 4 rings (SSSR count). The van der Waals surface area contributed by atoms with Gasteiger partial charge in [0.1, 0.15) is 17.4 Å². The Balaban J connectivity index is 2.00. The van der Waals surface area contributed by atoms with Crippen molar-refractivity contribution in [3.05, 3.63) is 34.4 Å². The van der Waals surface area contributed by atoms with E-state index in [1.165, 1.54) is 14.2 Å². The maximum Gasteiger partial charge on any atom is 0.231 e. The highest BCUT2D eigenvalue weighted by atomic mass is 16.7. The number of nitriles is 1. The predicted molar refractivity (Wildman–Crippen MR) is 92.2 cm³/mol. The van der Waals surface area contributed by atoms with Crippen LogP contribution in [0.1, 0.15) is 30.7 Å². The van der Waals surface area contributed by atoms with Crippen LogP contribution >= 0.6 is 0 Å². The minimum Gasteiger partial charge on any atom is -0.493 e. The Morgan fingerprint density at radius 2 is 2.00 bits per heavy atom. The average molecular weight is 370 g/mol. The summed E-state index contributed by atoms with van der Waals surface area (Å²) in [6.07, 6.45) is 1.66. The molecule has 0 fully saturated rings. The summed E-state index contributed by atoms with van der Waals surface area (Å²) in [6.45, 7) is 0.0231. The van der Waals surface area contributed by atoms with Gasteiger partial charge in [0, 0.05) is 24.0 Å². The summed E-state index contributed by atoms with van der Waals surface area (Å²) in [5, 5.41) is 9.72. The summed E-state index contributed by atoms with van der Waals surface area (Å²) in [6, 6.07) is 3.78. The number of rotatable bonds is 3. The number of allylic oxidation sites excluding steroid dienone is 3. The quantitative estimate of drug-likeness (QED) is 0.862. The molecule has 140 valence electrons. The first-order valence-corrected chi connectivity index (χ1v) is 8.49. The van der Waals surface area contributed by atoms with Gasteiger partial charge in [-0.2, -0.15) is 5.26 Å². The molecule has 0 aromatic heterocycles. The fraction of sp³-hybridized carbons (Fsp3) is 0.368. The molecule has 2 heterocycles. The highest BCUT2D eigenvalue weighted by Gasteiger charge is 2.41. The Kier molecular flexibility index (Phi) is 4.07. The molecule has 0 spiro atoms. The van der Waals surface area contributed by atoms with Crippen molar-refractivity contribution < 1.29 is 28.5 Å². The Morgan fingerprint density at radius 1 is 1.22 bits per heavy atom. The molecule has 0 bridgehead atoms. The molecule has 1 atom stereocenters. The number of fused-ring (bicyclic) bond motifs is 1. The van der Waals surface area contributed by atoms with Crippen molar-refractivity contribution in [2.45, 2.75) is 25.2 Å². The fourth-order valence-electron chi connectivity index (χ4n) is 3.78. The molecule has 1 aromatic rings. The molecule has 1 unspecified atom stereocenters.